The number of aliphatic carboxylic acids is 1. The quantitative estimate of drug-likeness (QED) is 0.849. The van der Waals surface area contributed by atoms with Gasteiger partial charge in [-0.2, -0.15) is 0 Å². The zero-order valence-corrected chi connectivity index (χ0v) is 10.1. The molecule has 0 aliphatic carbocycles. The van der Waals surface area contributed by atoms with Crippen molar-refractivity contribution in [2.75, 3.05) is 20.7 Å². The maximum Gasteiger partial charge on any atom is 0.323 e. The number of ether oxygens (including phenoxy) is 1. The standard InChI is InChI=1S/C12H14FNO4/c1-14(7-12(16)17)11(15)6-8-5-9(13)3-4-10(8)18-2/h3-5H,6-7H2,1-2H3,(H,16,17). The van der Waals surface area contributed by atoms with Gasteiger partial charge in [0.1, 0.15) is 18.1 Å². The molecule has 1 aromatic rings. The lowest BCUT2D eigenvalue weighted by Crippen LogP contribution is -2.33. The normalized spacial score (nSPS) is 9.94. The Kier molecular flexibility index (Phi) is 4.65. The molecule has 98 valence electrons. The maximum absolute atomic E-state index is 13.1. The molecule has 0 heterocycles. The largest absolute Gasteiger partial charge is 0.496 e. The Morgan fingerprint density at radius 1 is 1.44 bits per heavy atom. The molecule has 5 nitrogen and oxygen atoms in total. The molecule has 0 aliphatic rings. The van der Waals surface area contributed by atoms with E-state index in [0.29, 0.717) is 11.3 Å². The van der Waals surface area contributed by atoms with Gasteiger partial charge >= 0.3 is 5.97 Å². The van der Waals surface area contributed by atoms with Gasteiger partial charge in [-0.15, -0.1) is 0 Å². The number of carbonyl (C=O) groups excluding carboxylic acids is 1. The van der Waals surface area contributed by atoms with Crippen molar-refractivity contribution in [2.45, 2.75) is 6.42 Å². The van der Waals surface area contributed by atoms with Gasteiger partial charge in [0.05, 0.1) is 13.5 Å². The summed E-state index contributed by atoms with van der Waals surface area (Å²) in [5.74, 6) is -1.59. The van der Waals surface area contributed by atoms with Gasteiger partial charge in [-0.1, -0.05) is 0 Å². The van der Waals surface area contributed by atoms with Gasteiger partial charge in [-0.25, -0.2) is 4.39 Å². The highest BCUT2D eigenvalue weighted by atomic mass is 19.1. The molecule has 0 fully saturated rings. The molecule has 1 N–H and O–H groups in total. The number of carboxylic acids is 1. The number of amides is 1. The van der Waals surface area contributed by atoms with Gasteiger partial charge < -0.3 is 14.7 Å². The number of hydrogen-bond donors (Lipinski definition) is 1. The molecule has 0 saturated heterocycles. The minimum absolute atomic E-state index is 0.106. The second-order valence-corrected chi connectivity index (χ2v) is 3.78. The van der Waals surface area contributed by atoms with Crippen molar-refractivity contribution < 1.29 is 23.8 Å². The Bertz CT molecular complexity index is 461. The Morgan fingerprint density at radius 2 is 2.11 bits per heavy atom. The van der Waals surface area contributed by atoms with E-state index >= 15 is 0 Å². The van der Waals surface area contributed by atoms with Crippen molar-refractivity contribution in [3.63, 3.8) is 0 Å². The number of carboxylic acid groups (broad SMARTS) is 1. The van der Waals surface area contributed by atoms with Crippen molar-refractivity contribution in [2.24, 2.45) is 0 Å². The highest BCUT2D eigenvalue weighted by molar-refractivity contribution is 5.83. The van der Waals surface area contributed by atoms with Crippen LogP contribution in [0.4, 0.5) is 4.39 Å². The minimum atomic E-state index is -1.10. The lowest BCUT2D eigenvalue weighted by molar-refractivity contribution is -0.143. The first kappa shape index (κ1) is 14.0. The van der Waals surface area contributed by atoms with Crippen LogP contribution in [0.2, 0.25) is 0 Å². The van der Waals surface area contributed by atoms with Crippen molar-refractivity contribution in [1.29, 1.82) is 0 Å². The molecule has 1 aromatic carbocycles. The van der Waals surface area contributed by atoms with E-state index in [9.17, 15) is 14.0 Å². The molecule has 6 heteroatoms. The monoisotopic (exact) mass is 255 g/mol. The second kappa shape index (κ2) is 6.00. The smallest absolute Gasteiger partial charge is 0.323 e. The van der Waals surface area contributed by atoms with E-state index in [0.717, 1.165) is 4.90 Å². The predicted octanol–water partition coefficient (Wildman–Crippen LogP) is 0.920. The topological polar surface area (TPSA) is 66.8 Å². The molecule has 0 aliphatic heterocycles. The molecule has 0 spiro atoms. The van der Waals surface area contributed by atoms with Crippen LogP contribution in [0.1, 0.15) is 5.56 Å². The van der Waals surface area contributed by atoms with Crippen LogP contribution in [-0.4, -0.2) is 42.6 Å². The van der Waals surface area contributed by atoms with Crippen molar-refractivity contribution in [3.8, 4) is 5.75 Å². The molecule has 0 saturated carbocycles. The number of likely N-dealkylation sites (N-methyl/N-ethyl adjacent to an activating group) is 1. The maximum atomic E-state index is 13.1. The summed E-state index contributed by atoms with van der Waals surface area (Å²) in [7, 11) is 2.80. The van der Waals surface area contributed by atoms with Crippen LogP contribution >= 0.6 is 0 Å². The van der Waals surface area contributed by atoms with Crippen molar-refractivity contribution >= 4 is 11.9 Å². The third kappa shape index (κ3) is 3.73. The summed E-state index contributed by atoms with van der Waals surface area (Å²) in [4.78, 5) is 23.2. The van der Waals surface area contributed by atoms with Gasteiger partial charge in [0, 0.05) is 12.6 Å². The number of methoxy groups -OCH3 is 1. The molecule has 18 heavy (non-hydrogen) atoms. The molecule has 1 amide bonds. The summed E-state index contributed by atoms with van der Waals surface area (Å²) in [6.07, 6.45) is -0.106. The number of benzene rings is 1. The van der Waals surface area contributed by atoms with Gasteiger partial charge in [-0.05, 0) is 18.2 Å². The highest BCUT2D eigenvalue weighted by Crippen LogP contribution is 2.20. The number of rotatable bonds is 5. The van der Waals surface area contributed by atoms with Crippen LogP contribution in [0.15, 0.2) is 18.2 Å². The Balaban J connectivity index is 2.80. The fourth-order valence-electron chi connectivity index (χ4n) is 1.47. The predicted molar refractivity (Wildman–Crippen MR) is 61.9 cm³/mol. The third-order valence-corrected chi connectivity index (χ3v) is 2.38. The van der Waals surface area contributed by atoms with Gasteiger partial charge in [0.25, 0.3) is 0 Å². The van der Waals surface area contributed by atoms with Gasteiger partial charge in [0.2, 0.25) is 5.91 Å². The van der Waals surface area contributed by atoms with E-state index in [1.807, 2.05) is 0 Å². The molecule has 0 bridgehead atoms. The SMILES string of the molecule is COc1ccc(F)cc1CC(=O)N(C)CC(=O)O. The van der Waals surface area contributed by atoms with Crippen LogP contribution in [0.3, 0.4) is 0 Å². The van der Waals surface area contributed by atoms with Crippen LogP contribution < -0.4 is 4.74 Å². The first-order valence-corrected chi connectivity index (χ1v) is 5.22. The van der Waals surface area contributed by atoms with Gasteiger partial charge in [-0.3, -0.25) is 9.59 Å². The Labute approximate surface area is 104 Å². The fourth-order valence-corrected chi connectivity index (χ4v) is 1.47. The summed E-state index contributed by atoms with van der Waals surface area (Å²) in [6.45, 7) is -0.392. The van der Waals surface area contributed by atoms with E-state index in [1.165, 1.54) is 32.4 Å². The summed E-state index contributed by atoms with van der Waals surface area (Å²) < 4.78 is 18.1. The summed E-state index contributed by atoms with van der Waals surface area (Å²) in [5, 5.41) is 8.57. The molecule has 0 aromatic heterocycles. The molecule has 0 atom stereocenters. The van der Waals surface area contributed by atoms with Crippen molar-refractivity contribution in [3.05, 3.63) is 29.6 Å². The lowest BCUT2D eigenvalue weighted by Gasteiger charge is -2.15. The first-order chi connectivity index (χ1) is 8.43. The third-order valence-electron chi connectivity index (χ3n) is 2.38. The fraction of sp³-hybridized carbons (Fsp3) is 0.333. The zero-order valence-electron chi connectivity index (χ0n) is 10.1. The summed E-state index contributed by atoms with van der Waals surface area (Å²) >= 11 is 0. The molecular formula is C12H14FNO4. The minimum Gasteiger partial charge on any atom is -0.496 e. The Morgan fingerprint density at radius 3 is 2.67 bits per heavy atom. The van der Waals surface area contributed by atoms with E-state index in [1.54, 1.807) is 0 Å². The highest BCUT2D eigenvalue weighted by Gasteiger charge is 2.15. The zero-order chi connectivity index (χ0) is 13.7. The van der Waals surface area contributed by atoms with E-state index < -0.39 is 24.2 Å². The number of nitrogens with zero attached hydrogens (tertiary/aromatic N) is 1. The van der Waals surface area contributed by atoms with Gasteiger partial charge in [0.15, 0.2) is 0 Å². The van der Waals surface area contributed by atoms with E-state index in [-0.39, 0.29) is 6.42 Å². The molecular weight excluding hydrogens is 241 g/mol. The van der Waals surface area contributed by atoms with Crippen LogP contribution in [0, 0.1) is 5.82 Å². The van der Waals surface area contributed by atoms with Crippen LogP contribution in [-0.2, 0) is 16.0 Å². The second-order valence-electron chi connectivity index (χ2n) is 3.78. The number of halogens is 1. The van der Waals surface area contributed by atoms with E-state index in [4.69, 9.17) is 9.84 Å². The Hall–Kier alpha value is -2.11. The number of carbonyl (C=O) groups is 2. The first-order valence-electron chi connectivity index (χ1n) is 5.22. The van der Waals surface area contributed by atoms with Crippen LogP contribution in [0.25, 0.3) is 0 Å². The van der Waals surface area contributed by atoms with Crippen molar-refractivity contribution in [1.82, 2.24) is 4.90 Å². The molecule has 1 rings (SSSR count). The molecule has 0 unspecified atom stereocenters. The molecule has 0 radical (unpaired) electrons. The average Bonchev–Trinajstić information content (AvgIpc) is 2.28. The number of hydrogen-bond acceptors (Lipinski definition) is 3. The lowest BCUT2D eigenvalue weighted by atomic mass is 10.1. The summed E-state index contributed by atoms with van der Waals surface area (Å²) in [6, 6.07) is 3.86. The average molecular weight is 255 g/mol. The van der Waals surface area contributed by atoms with Crippen LogP contribution in [0.5, 0.6) is 5.75 Å². The summed E-state index contributed by atoms with van der Waals surface area (Å²) in [5.41, 5.74) is 0.389. The van der Waals surface area contributed by atoms with E-state index in [2.05, 4.69) is 0 Å².